The van der Waals surface area contributed by atoms with Crippen molar-refractivity contribution in [1.82, 2.24) is 10.2 Å². The molecular weight excluding hydrogens is 264 g/mol. The van der Waals surface area contributed by atoms with Gasteiger partial charge < -0.3 is 15.0 Å². The molecule has 2 atom stereocenters. The third-order valence-electron chi connectivity index (χ3n) is 4.10. The van der Waals surface area contributed by atoms with Crippen molar-refractivity contribution in [2.75, 3.05) is 20.2 Å². The van der Waals surface area contributed by atoms with Crippen LogP contribution in [0.15, 0.2) is 30.3 Å². The summed E-state index contributed by atoms with van der Waals surface area (Å²) >= 11 is 0. The Morgan fingerprint density at radius 1 is 1.33 bits per heavy atom. The van der Waals surface area contributed by atoms with Gasteiger partial charge in [0, 0.05) is 25.7 Å². The lowest BCUT2D eigenvalue weighted by Crippen LogP contribution is -2.51. The summed E-state index contributed by atoms with van der Waals surface area (Å²) in [7, 11) is 1.46. The van der Waals surface area contributed by atoms with Crippen LogP contribution in [0, 0.1) is 5.92 Å². The van der Waals surface area contributed by atoms with Crippen LogP contribution in [0.2, 0.25) is 0 Å². The van der Waals surface area contributed by atoms with Crippen LogP contribution in [0.5, 0.6) is 0 Å². The Hall–Kier alpha value is -1.55. The van der Waals surface area contributed by atoms with Gasteiger partial charge in [-0.25, -0.2) is 4.79 Å². The third-order valence-corrected chi connectivity index (χ3v) is 4.10. The normalized spacial score (nSPS) is 22.1. The lowest BCUT2D eigenvalue weighted by Gasteiger charge is -2.37. The number of likely N-dealkylation sites (tertiary alicyclic amines) is 1. The topological polar surface area (TPSA) is 41.6 Å². The first-order chi connectivity index (χ1) is 10.2. The Balaban J connectivity index is 1.92. The molecule has 0 aromatic heterocycles. The fraction of sp³-hybridized carbons (Fsp3) is 0.588. The second kappa shape index (κ2) is 8.03. The third kappa shape index (κ3) is 4.74. The van der Waals surface area contributed by atoms with Crippen LogP contribution in [0.1, 0.15) is 31.7 Å². The largest absolute Gasteiger partial charge is 0.453 e. The van der Waals surface area contributed by atoms with Gasteiger partial charge >= 0.3 is 6.09 Å². The molecule has 1 aromatic carbocycles. The first-order valence-electron chi connectivity index (χ1n) is 7.83. The molecule has 0 aliphatic carbocycles. The van der Waals surface area contributed by atoms with Gasteiger partial charge in [0.15, 0.2) is 0 Å². The van der Waals surface area contributed by atoms with E-state index in [2.05, 4.69) is 36.5 Å². The van der Waals surface area contributed by atoms with E-state index in [-0.39, 0.29) is 6.09 Å². The molecule has 0 spiro atoms. The summed E-state index contributed by atoms with van der Waals surface area (Å²) in [6.45, 7) is 4.60. The average Bonchev–Trinajstić information content (AvgIpc) is 2.53. The van der Waals surface area contributed by atoms with E-state index in [1.165, 1.54) is 12.7 Å². The number of benzene rings is 1. The maximum atomic E-state index is 11.8. The lowest BCUT2D eigenvalue weighted by molar-refractivity contribution is 0.0887. The molecule has 1 fully saturated rings. The van der Waals surface area contributed by atoms with Gasteiger partial charge in [-0.2, -0.15) is 0 Å². The standard InChI is InChI=1S/C17H26N2O2/c1-3-7-15-10-16(13-19(12-15)17(20)21-2)18-11-14-8-5-4-6-9-14/h4-6,8-9,15-16,18H,3,7,10-13H2,1-2H3. The summed E-state index contributed by atoms with van der Waals surface area (Å²) in [5, 5.41) is 3.59. The predicted octanol–water partition coefficient (Wildman–Crippen LogP) is 3.03. The van der Waals surface area contributed by atoms with E-state index < -0.39 is 0 Å². The van der Waals surface area contributed by atoms with E-state index in [0.717, 1.165) is 38.9 Å². The molecule has 1 amide bonds. The number of nitrogens with zero attached hydrogens (tertiary/aromatic N) is 1. The maximum absolute atomic E-state index is 11.8. The first kappa shape index (κ1) is 15.8. The van der Waals surface area contributed by atoms with Crippen LogP contribution in [-0.2, 0) is 11.3 Å². The monoisotopic (exact) mass is 290 g/mol. The van der Waals surface area contributed by atoms with E-state index in [9.17, 15) is 4.79 Å². The minimum absolute atomic E-state index is 0.206. The molecule has 21 heavy (non-hydrogen) atoms. The number of methoxy groups -OCH3 is 1. The highest BCUT2D eigenvalue weighted by atomic mass is 16.5. The first-order valence-corrected chi connectivity index (χ1v) is 7.83. The Labute approximate surface area is 127 Å². The fourth-order valence-electron chi connectivity index (χ4n) is 3.11. The van der Waals surface area contributed by atoms with E-state index in [1.54, 1.807) is 0 Å². The number of carbonyl (C=O) groups is 1. The highest BCUT2D eigenvalue weighted by molar-refractivity contribution is 5.67. The number of carbonyl (C=O) groups excluding carboxylic acids is 1. The number of nitrogens with one attached hydrogen (secondary N) is 1. The highest BCUT2D eigenvalue weighted by Crippen LogP contribution is 2.22. The van der Waals surface area contributed by atoms with Crippen molar-refractivity contribution in [1.29, 1.82) is 0 Å². The molecule has 2 rings (SSSR count). The number of hydrogen-bond acceptors (Lipinski definition) is 3. The molecule has 1 aromatic rings. The van der Waals surface area contributed by atoms with Crippen LogP contribution in [-0.4, -0.2) is 37.2 Å². The molecule has 1 heterocycles. The van der Waals surface area contributed by atoms with E-state index >= 15 is 0 Å². The Morgan fingerprint density at radius 2 is 2.10 bits per heavy atom. The van der Waals surface area contributed by atoms with Gasteiger partial charge in [0.25, 0.3) is 0 Å². The van der Waals surface area contributed by atoms with Crippen molar-refractivity contribution < 1.29 is 9.53 Å². The summed E-state index contributed by atoms with van der Waals surface area (Å²) < 4.78 is 4.89. The second-order valence-corrected chi connectivity index (χ2v) is 5.83. The molecule has 2 unspecified atom stereocenters. The van der Waals surface area contributed by atoms with E-state index in [4.69, 9.17) is 4.74 Å². The molecule has 1 saturated heterocycles. The van der Waals surface area contributed by atoms with Gasteiger partial charge in [-0.05, 0) is 24.3 Å². The molecule has 4 heteroatoms. The van der Waals surface area contributed by atoms with Gasteiger partial charge in [0.2, 0.25) is 0 Å². The molecule has 0 bridgehead atoms. The van der Waals surface area contributed by atoms with Crippen molar-refractivity contribution in [2.24, 2.45) is 5.92 Å². The fourth-order valence-corrected chi connectivity index (χ4v) is 3.11. The van der Waals surface area contributed by atoms with Crippen molar-refractivity contribution in [3.63, 3.8) is 0 Å². The number of hydrogen-bond donors (Lipinski definition) is 1. The summed E-state index contributed by atoms with van der Waals surface area (Å²) in [5.74, 6) is 0.566. The second-order valence-electron chi connectivity index (χ2n) is 5.83. The highest BCUT2D eigenvalue weighted by Gasteiger charge is 2.29. The SMILES string of the molecule is CCCC1CC(NCc2ccccc2)CN(C(=O)OC)C1. The Morgan fingerprint density at radius 3 is 2.76 bits per heavy atom. The maximum Gasteiger partial charge on any atom is 0.409 e. The minimum atomic E-state index is -0.206. The molecule has 1 aliphatic rings. The lowest BCUT2D eigenvalue weighted by atomic mass is 9.90. The molecular formula is C17H26N2O2. The van der Waals surface area contributed by atoms with Crippen molar-refractivity contribution in [3.8, 4) is 0 Å². The van der Waals surface area contributed by atoms with Crippen LogP contribution >= 0.6 is 0 Å². The summed E-state index contributed by atoms with van der Waals surface area (Å²) in [5.41, 5.74) is 1.28. The smallest absolute Gasteiger partial charge is 0.409 e. The zero-order chi connectivity index (χ0) is 15.1. The Kier molecular flexibility index (Phi) is 6.05. The van der Waals surface area contributed by atoms with Gasteiger partial charge in [-0.15, -0.1) is 0 Å². The van der Waals surface area contributed by atoms with Gasteiger partial charge in [-0.3, -0.25) is 0 Å². The minimum Gasteiger partial charge on any atom is -0.453 e. The zero-order valence-electron chi connectivity index (χ0n) is 13.0. The van der Waals surface area contributed by atoms with Crippen molar-refractivity contribution in [3.05, 3.63) is 35.9 Å². The summed E-state index contributed by atoms with van der Waals surface area (Å²) in [6.07, 6.45) is 3.25. The molecule has 0 saturated carbocycles. The number of rotatable bonds is 5. The van der Waals surface area contributed by atoms with E-state index in [0.29, 0.717) is 12.0 Å². The molecule has 116 valence electrons. The summed E-state index contributed by atoms with van der Waals surface area (Å²) in [6, 6.07) is 10.7. The number of ether oxygens (including phenoxy) is 1. The van der Waals surface area contributed by atoms with Crippen LogP contribution < -0.4 is 5.32 Å². The molecule has 1 N–H and O–H groups in total. The van der Waals surface area contributed by atoms with Crippen LogP contribution in [0.4, 0.5) is 4.79 Å². The molecule has 4 nitrogen and oxygen atoms in total. The Bertz CT molecular complexity index is 436. The van der Waals surface area contributed by atoms with Crippen molar-refractivity contribution >= 4 is 6.09 Å². The van der Waals surface area contributed by atoms with Gasteiger partial charge in [-0.1, -0.05) is 43.7 Å². The van der Waals surface area contributed by atoms with Crippen LogP contribution in [0.3, 0.4) is 0 Å². The molecule has 1 aliphatic heterocycles. The quantitative estimate of drug-likeness (QED) is 0.906. The molecule has 0 radical (unpaired) electrons. The van der Waals surface area contributed by atoms with E-state index in [1.807, 2.05) is 11.0 Å². The number of piperidine rings is 1. The van der Waals surface area contributed by atoms with Gasteiger partial charge in [0.05, 0.1) is 7.11 Å². The average molecular weight is 290 g/mol. The predicted molar refractivity (Wildman–Crippen MR) is 84.1 cm³/mol. The zero-order valence-corrected chi connectivity index (χ0v) is 13.0. The van der Waals surface area contributed by atoms with Crippen LogP contribution in [0.25, 0.3) is 0 Å². The number of amides is 1. The van der Waals surface area contributed by atoms with Gasteiger partial charge in [0.1, 0.15) is 0 Å². The summed E-state index contributed by atoms with van der Waals surface area (Å²) in [4.78, 5) is 13.7. The van der Waals surface area contributed by atoms with Crippen molar-refractivity contribution in [2.45, 2.75) is 38.8 Å².